The monoisotopic (exact) mass is 524 g/mol. The zero-order valence-electron chi connectivity index (χ0n) is 22.6. The van der Waals surface area contributed by atoms with Crippen molar-refractivity contribution in [3.63, 3.8) is 0 Å². The topological polar surface area (TPSA) is 56.3 Å². The van der Waals surface area contributed by atoms with Crippen molar-refractivity contribution < 1.29 is 14.3 Å². The van der Waals surface area contributed by atoms with Gasteiger partial charge in [0.2, 0.25) is 0 Å². The molecule has 0 radical (unpaired) electrons. The summed E-state index contributed by atoms with van der Waals surface area (Å²) in [6.45, 7) is 6.74. The van der Waals surface area contributed by atoms with Crippen LogP contribution in [0, 0.1) is 0 Å². The molecule has 6 rings (SSSR count). The van der Waals surface area contributed by atoms with Gasteiger partial charge in [-0.3, -0.25) is 9.69 Å². The number of benzene rings is 3. The molecule has 3 heterocycles. The Morgan fingerprint density at radius 1 is 0.795 bits per heavy atom. The van der Waals surface area contributed by atoms with E-state index < -0.39 is 0 Å². The molecule has 1 fully saturated rings. The summed E-state index contributed by atoms with van der Waals surface area (Å²) >= 11 is 0. The molecule has 3 aromatic carbocycles. The van der Waals surface area contributed by atoms with Crippen LogP contribution in [0.25, 0.3) is 0 Å². The molecule has 0 saturated carbocycles. The van der Waals surface area contributed by atoms with Crippen LogP contribution in [-0.4, -0.2) is 84.0 Å². The molecule has 0 spiro atoms. The number of rotatable bonds is 4. The van der Waals surface area contributed by atoms with Crippen LogP contribution in [0.5, 0.6) is 5.75 Å². The summed E-state index contributed by atoms with van der Waals surface area (Å²) in [5.41, 5.74) is 5.47. The Kier molecular flexibility index (Phi) is 7.35. The third kappa shape index (κ3) is 5.70. The largest absolute Gasteiger partial charge is 0.415 e. The molecule has 7 nitrogen and oxygen atoms in total. The Morgan fingerprint density at radius 3 is 2.33 bits per heavy atom. The molecule has 0 N–H and O–H groups in total. The summed E-state index contributed by atoms with van der Waals surface area (Å²) in [6.07, 6.45) is 1.26. The van der Waals surface area contributed by atoms with E-state index in [1.54, 1.807) is 17.0 Å². The Hall–Kier alpha value is -3.68. The minimum atomic E-state index is -0.358. The summed E-state index contributed by atoms with van der Waals surface area (Å²) in [7, 11) is 2.17. The van der Waals surface area contributed by atoms with Gasteiger partial charge in [0.05, 0.1) is 0 Å². The zero-order chi connectivity index (χ0) is 26.8. The number of hydrogen-bond donors (Lipinski definition) is 0. The third-order valence-electron chi connectivity index (χ3n) is 8.35. The lowest BCUT2D eigenvalue weighted by molar-refractivity contribution is 0.0535. The van der Waals surface area contributed by atoms with Gasteiger partial charge in [-0.15, -0.1) is 0 Å². The highest BCUT2D eigenvalue weighted by molar-refractivity contribution is 5.95. The van der Waals surface area contributed by atoms with Gasteiger partial charge >= 0.3 is 6.09 Å². The maximum Gasteiger partial charge on any atom is 0.415 e. The van der Waals surface area contributed by atoms with Crippen molar-refractivity contribution in [2.24, 2.45) is 0 Å². The molecule has 0 aliphatic carbocycles. The van der Waals surface area contributed by atoms with E-state index in [1.165, 1.54) is 16.7 Å². The first-order valence-corrected chi connectivity index (χ1v) is 14.0. The van der Waals surface area contributed by atoms with Gasteiger partial charge in [-0.1, -0.05) is 48.5 Å². The number of para-hydroxylation sites is 1. The number of hydrogen-bond acceptors (Lipinski definition) is 5. The predicted octanol–water partition coefficient (Wildman–Crippen LogP) is 4.06. The molecule has 1 saturated heterocycles. The van der Waals surface area contributed by atoms with E-state index >= 15 is 0 Å². The Bertz CT molecular complexity index is 1340. The van der Waals surface area contributed by atoms with Gasteiger partial charge in [0.1, 0.15) is 5.75 Å². The van der Waals surface area contributed by atoms with Crippen LogP contribution in [0.1, 0.15) is 32.6 Å². The number of fused-ring (bicyclic) bond motifs is 2. The van der Waals surface area contributed by atoms with E-state index in [0.29, 0.717) is 30.9 Å². The molecule has 202 valence electrons. The van der Waals surface area contributed by atoms with E-state index in [4.69, 9.17) is 4.74 Å². The van der Waals surface area contributed by atoms with E-state index in [0.717, 1.165) is 51.1 Å². The maximum absolute atomic E-state index is 14.0. The van der Waals surface area contributed by atoms with Gasteiger partial charge in [0, 0.05) is 64.0 Å². The molecule has 0 aromatic heterocycles. The van der Waals surface area contributed by atoms with Crippen molar-refractivity contribution in [3.8, 4) is 5.75 Å². The van der Waals surface area contributed by atoms with Crippen molar-refractivity contribution in [2.45, 2.75) is 32.0 Å². The second kappa shape index (κ2) is 11.2. The van der Waals surface area contributed by atoms with Crippen LogP contribution >= 0.6 is 0 Å². The van der Waals surface area contributed by atoms with Crippen molar-refractivity contribution in [3.05, 3.63) is 101 Å². The average Bonchev–Trinajstić information content (AvgIpc) is 2.97. The van der Waals surface area contributed by atoms with Crippen LogP contribution < -0.4 is 4.74 Å². The zero-order valence-corrected chi connectivity index (χ0v) is 22.6. The summed E-state index contributed by atoms with van der Waals surface area (Å²) in [5.74, 6) is 0.601. The van der Waals surface area contributed by atoms with Gasteiger partial charge in [0.15, 0.2) is 0 Å². The summed E-state index contributed by atoms with van der Waals surface area (Å²) < 4.78 is 5.57. The molecule has 7 heteroatoms. The first-order chi connectivity index (χ1) is 19.0. The van der Waals surface area contributed by atoms with Gasteiger partial charge in [-0.25, -0.2) is 4.79 Å². The second-order valence-corrected chi connectivity index (χ2v) is 11.0. The van der Waals surface area contributed by atoms with Gasteiger partial charge in [0.25, 0.3) is 5.91 Å². The molecule has 2 amide bonds. The number of amides is 2. The number of carbonyl (C=O) groups is 2. The molecule has 3 aliphatic heterocycles. The highest BCUT2D eigenvalue weighted by atomic mass is 16.6. The van der Waals surface area contributed by atoms with Crippen LogP contribution in [0.4, 0.5) is 4.79 Å². The fourth-order valence-electron chi connectivity index (χ4n) is 5.98. The van der Waals surface area contributed by atoms with E-state index in [1.807, 2.05) is 30.3 Å². The second-order valence-electron chi connectivity index (χ2n) is 11.0. The minimum absolute atomic E-state index is 0.0652. The Labute approximate surface area is 230 Å². The molecule has 3 aliphatic rings. The summed E-state index contributed by atoms with van der Waals surface area (Å²) in [4.78, 5) is 35.5. The Balaban J connectivity index is 1.20. The molecule has 39 heavy (non-hydrogen) atoms. The van der Waals surface area contributed by atoms with Gasteiger partial charge in [-0.2, -0.15) is 0 Å². The smallest absolute Gasteiger partial charge is 0.410 e. The molecule has 1 atom stereocenters. The SMILES string of the molecule is CN1CCN(C[C@@H]2Cc3ccccc3CN2C(=O)c2ccc3c(c2)CN(C(=O)Oc2ccccc2)CC3)CC1. The van der Waals surface area contributed by atoms with Crippen molar-refractivity contribution in [1.82, 2.24) is 19.6 Å². The first kappa shape index (κ1) is 25.6. The Morgan fingerprint density at radius 2 is 1.54 bits per heavy atom. The highest BCUT2D eigenvalue weighted by Gasteiger charge is 2.33. The molecular weight excluding hydrogens is 488 g/mol. The number of piperazine rings is 1. The van der Waals surface area contributed by atoms with Gasteiger partial charge in [-0.05, 0) is 66.4 Å². The number of nitrogens with zero attached hydrogens (tertiary/aromatic N) is 4. The fraction of sp³-hybridized carbons (Fsp3) is 0.375. The number of ether oxygens (including phenoxy) is 1. The lowest BCUT2D eigenvalue weighted by Gasteiger charge is -2.41. The van der Waals surface area contributed by atoms with Crippen LogP contribution in [0.3, 0.4) is 0 Å². The molecular formula is C32H36N4O3. The summed E-state index contributed by atoms with van der Waals surface area (Å²) in [6, 6.07) is 23.8. The molecule has 3 aromatic rings. The lowest BCUT2D eigenvalue weighted by Crippen LogP contribution is -2.53. The summed E-state index contributed by atoms with van der Waals surface area (Å²) in [5, 5.41) is 0. The van der Waals surface area contributed by atoms with Gasteiger partial charge < -0.3 is 19.4 Å². The predicted molar refractivity (Wildman–Crippen MR) is 151 cm³/mol. The normalized spacial score (nSPS) is 19.8. The first-order valence-electron chi connectivity index (χ1n) is 14.0. The van der Waals surface area contributed by atoms with Crippen molar-refractivity contribution in [2.75, 3.05) is 46.3 Å². The van der Waals surface area contributed by atoms with Crippen molar-refractivity contribution >= 4 is 12.0 Å². The fourth-order valence-corrected chi connectivity index (χ4v) is 5.98. The van der Waals surface area contributed by atoms with E-state index in [9.17, 15) is 9.59 Å². The van der Waals surface area contributed by atoms with Crippen LogP contribution in [0.15, 0.2) is 72.8 Å². The standard InChI is InChI=1S/C32H36N4O3/c1-33-15-17-34(18-16-33)23-29-20-25-7-5-6-8-27(25)22-36(29)31(37)26-12-11-24-13-14-35(21-28(24)19-26)32(38)39-30-9-3-2-4-10-30/h2-12,19,29H,13-18,20-23H2,1H3/t29-/m0/s1. The van der Waals surface area contributed by atoms with E-state index in [-0.39, 0.29) is 18.0 Å². The molecule has 0 unspecified atom stereocenters. The third-order valence-corrected chi connectivity index (χ3v) is 8.35. The highest BCUT2D eigenvalue weighted by Crippen LogP contribution is 2.28. The number of carbonyl (C=O) groups excluding carboxylic acids is 2. The molecule has 0 bridgehead atoms. The van der Waals surface area contributed by atoms with E-state index in [2.05, 4.69) is 52.1 Å². The quantitative estimate of drug-likeness (QED) is 0.515. The average molecular weight is 525 g/mol. The van der Waals surface area contributed by atoms with Crippen LogP contribution in [-0.2, 0) is 25.9 Å². The number of likely N-dealkylation sites (N-methyl/N-ethyl adjacent to an activating group) is 1. The lowest BCUT2D eigenvalue weighted by atomic mass is 9.92. The minimum Gasteiger partial charge on any atom is -0.410 e. The van der Waals surface area contributed by atoms with Crippen molar-refractivity contribution in [1.29, 1.82) is 0 Å². The van der Waals surface area contributed by atoms with Crippen LogP contribution in [0.2, 0.25) is 0 Å². The maximum atomic E-state index is 14.0.